The summed E-state index contributed by atoms with van der Waals surface area (Å²) < 4.78 is 37.7. The van der Waals surface area contributed by atoms with Gasteiger partial charge >= 0.3 is 0 Å². The number of fused-ring (bicyclic) bond motifs is 1. The monoisotopic (exact) mass is 291 g/mol. The number of rotatable bonds is 3. The molecule has 0 amide bonds. The number of para-hydroxylation sites is 1. The molecule has 2 aromatic rings. The second kappa shape index (κ2) is 5.69. The maximum absolute atomic E-state index is 13.7. The fourth-order valence-electron chi connectivity index (χ4n) is 2.42. The minimum absolute atomic E-state index is 0.256. The summed E-state index contributed by atoms with van der Waals surface area (Å²) in [6, 6.07) is 8.51. The van der Waals surface area contributed by atoms with Gasteiger partial charge in [-0.15, -0.1) is 0 Å². The van der Waals surface area contributed by atoms with Gasteiger partial charge in [0.05, 0.1) is 0 Å². The SMILES string of the molecule is NC(Cc1ccc(F)cc1F)c1cccc2c1OCCO2. The molecule has 0 fully saturated rings. The average molecular weight is 291 g/mol. The summed E-state index contributed by atoms with van der Waals surface area (Å²) in [7, 11) is 0. The normalized spacial score (nSPS) is 14.8. The number of hydrogen-bond acceptors (Lipinski definition) is 3. The molecular formula is C16H15F2NO2. The summed E-state index contributed by atoms with van der Waals surface area (Å²) in [5.74, 6) is 0.0682. The standard InChI is InChI=1S/C16H15F2NO2/c17-11-5-4-10(13(18)9-11)8-14(19)12-2-1-3-15-16(12)21-7-6-20-15/h1-5,9,14H,6-8,19H2. The molecule has 0 radical (unpaired) electrons. The highest BCUT2D eigenvalue weighted by molar-refractivity contribution is 5.49. The molecule has 0 aromatic heterocycles. The summed E-state index contributed by atoms with van der Waals surface area (Å²) >= 11 is 0. The van der Waals surface area contributed by atoms with E-state index in [9.17, 15) is 8.78 Å². The van der Waals surface area contributed by atoms with Gasteiger partial charge in [-0.3, -0.25) is 0 Å². The van der Waals surface area contributed by atoms with Gasteiger partial charge in [-0.1, -0.05) is 18.2 Å². The Bertz CT molecular complexity index is 661. The van der Waals surface area contributed by atoms with Crippen LogP contribution in [0.4, 0.5) is 8.78 Å². The van der Waals surface area contributed by atoms with E-state index in [1.165, 1.54) is 12.1 Å². The van der Waals surface area contributed by atoms with Gasteiger partial charge in [-0.05, 0) is 24.1 Å². The Labute approximate surface area is 121 Å². The van der Waals surface area contributed by atoms with E-state index in [2.05, 4.69) is 0 Å². The van der Waals surface area contributed by atoms with Gasteiger partial charge in [0, 0.05) is 17.7 Å². The van der Waals surface area contributed by atoms with Crippen LogP contribution in [0.25, 0.3) is 0 Å². The third kappa shape index (κ3) is 2.83. The molecule has 0 saturated heterocycles. The van der Waals surface area contributed by atoms with Crippen LogP contribution in [0.1, 0.15) is 17.2 Å². The molecule has 2 aromatic carbocycles. The van der Waals surface area contributed by atoms with Crippen molar-refractivity contribution in [1.29, 1.82) is 0 Å². The fraction of sp³-hybridized carbons (Fsp3) is 0.250. The average Bonchev–Trinajstić information content (AvgIpc) is 2.49. The molecule has 1 aliphatic rings. The molecule has 5 heteroatoms. The number of halogens is 2. The highest BCUT2D eigenvalue weighted by Gasteiger charge is 2.20. The Morgan fingerprint density at radius 1 is 1.10 bits per heavy atom. The highest BCUT2D eigenvalue weighted by Crippen LogP contribution is 2.37. The zero-order chi connectivity index (χ0) is 14.8. The summed E-state index contributed by atoms with van der Waals surface area (Å²) in [6.45, 7) is 0.958. The lowest BCUT2D eigenvalue weighted by atomic mass is 9.98. The van der Waals surface area contributed by atoms with E-state index < -0.39 is 17.7 Å². The van der Waals surface area contributed by atoms with Crippen molar-refractivity contribution in [2.75, 3.05) is 13.2 Å². The number of ether oxygens (including phenoxy) is 2. The smallest absolute Gasteiger partial charge is 0.166 e. The first-order valence-corrected chi connectivity index (χ1v) is 6.73. The Hall–Kier alpha value is -2.14. The van der Waals surface area contributed by atoms with Crippen LogP contribution >= 0.6 is 0 Å². The molecule has 3 nitrogen and oxygen atoms in total. The molecule has 1 aliphatic heterocycles. The number of benzene rings is 2. The van der Waals surface area contributed by atoms with Crippen molar-refractivity contribution in [3.63, 3.8) is 0 Å². The van der Waals surface area contributed by atoms with Crippen LogP contribution in [0.5, 0.6) is 11.5 Å². The zero-order valence-corrected chi connectivity index (χ0v) is 11.3. The van der Waals surface area contributed by atoms with Gasteiger partial charge in [0.15, 0.2) is 11.5 Å². The van der Waals surface area contributed by atoms with Crippen molar-refractivity contribution in [3.05, 3.63) is 59.2 Å². The molecule has 110 valence electrons. The van der Waals surface area contributed by atoms with Crippen LogP contribution in [-0.4, -0.2) is 13.2 Å². The maximum atomic E-state index is 13.7. The Morgan fingerprint density at radius 3 is 2.71 bits per heavy atom. The van der Waals surface area contributed by atoms with Gasteiger partial charge in [-0.25, -0.2) is 8.78 Å². The first-order valence-electron chi connectivity index (χ1n) is 6.73. The second-order valence-electron chi connectivity index (χ2n) is 4.92. The van der Waals surface area contributed by atoms with Gasteiger partial charge in [0.2, 0.25) is 0 Å². The van der Waals surface area contributed by atoms with Gasteiger partial charge in [-0.2, -0.15) is 0 Å². The lowest BCUT2D eigenvalue weighted by Crippen LogP contribution is -2.20. The van der Waals surface area contributed by atoms with Crippen LogP contribution in [0.2, 0.25) is 0 Å². The van der Waals surface area contributed by atoms with Crippen LogP contribution in [-0.2, 0) is 6.42 Å². The summed E-state index contributed by atoms with van der Waals surface area (Å²) in [5.41, 5.74) is 7.30. The van der Waals surface area contributed by atoms with Crippen molar-refractivity contribution in [1.82, 2.24) is 0 Å². The van der Waals surface area contributed by atoms with Crippen LogP contribution < -0.4 is 15.2 Å². The minimum Gasteiger partial charge on any atom is -0.486 e. The van der Waals surface area contributed by atoms with E-state index >= 15 is 0 Å². The third-order valence-corrected chi connectivity index (χ3v) is 3.45. The molecule has 0 spiro atoms. The topological polar surface area (TPSA) is 44.5 Å². The molecule has 2 N–H and O–H groups in total. The van der Waals surface area contributed by atoms with E-state index in [1.807, 2.05) is 18.2 Å². The van der Waals surface area contributed by atoms with Gasteiger partial charge in [0.25, 0.3) is 0 Å². The highest BCUT2D eigenvalue weighted by atomic mass is 19.1. The Balaban J connectivity index is 1.87. The molecule has 1 heterocycles. The van der Waals surface area contributed by atoms with Crippen LogP contribution in [0.15, 0.2) is 36.4 Å². The summed E-state index contributed by atoms with van der Waals surface area (Å²) in [4.78, 5) is 0. The van der Waals surface area contributed by atoms with E-state index in [1.54, 1.807) is 0 Å². The molecule has 0 aliphatic carbocycles. The van der Waals surface area contributed by atoms with Crippen molar-refractivity contribution < 1.29 is 18.3 Å². The van der Waals surface area contributed by atoms with E-state index in [0.29, 0.717) is 30.3 Å². The van der Waals surface area contributed by atoms with Crippen LogP contribution in [0, 0.1) is 11.6 Å². The molecule has 1 unspecified atom stereocenters. The second-order valence-corrected chi connectivity index (χ2v) is 4.92. The number of nitrogens with two attached hydrogens (primary N) is 1. The Morgan fingerprint density at radius 2 is 1.90 bits per heavy atom. The zero-order valence-electron chi connectivity index (χ0n) is 11.3. The first-order chi connectivity index (χ1) is 10.1. The van der Waals surface area contributed by atoms with Crippen LogP contribution in [0.3, 0.4) is 0 Å². The molecule has 0 saturated carbocycles. The summed E-state index contributed by atoms with van der Waals surface area (Å²) in [5, 5.41) is 0. The summed E-state index contributed by atoms with van der Waals surface area (Å²) in [6.07, 6.45) is 0.256. The molecule has 3 rings (SSSR count). The lowest BCUT2D eigenvalue weighted by molar-refractivity contribution is 0.169. The molecular weight excluding hydrogens is 276 g/mol. The fourth-order valence-corrected chi connectivity index (χ4v) is 2.42. The largest absolute Gasteiger partial charge is 0.486 e. The Kier molecular flexibility index (Phi) is 3.75. The molecule has 1 atom stereocenters. The van der Waals surface area contributed by atoms with Crippen molar-refractivity contribution in [3.8, 4) is 11.5 Å². The first kappa shape index (κ1) is 13.8. The quantitative estimate of drug-likeness (QED) is 0.945. The predicted molar refractivity (Wildman–Crippen MR) is 74.4 cm³/mol. The third-order valence-electron chi connectivity index (χ3n) is 3.45. The van der Waals surface area contributed by atoms with Gasteiger partial charge < -0.3 is 15.2 Å². The van der Waals surface area contributed by atoms with Crippen molar-refractivity contribution >= 4 is 0 Å². The van der Waals surface area contributed by atoms with E-state index in [4.69, 9.17) is 15.2 Å². The molecule has 0 bridgehead atoms. The lowest BCUT2D eigenvalue weighted by Gasteiger charge is -2.23. The molecule has 21 heavy (non-hydrogen) atoms. The van der Waals surface area contributed by atoms with Gasteiger partial charge in [0.1, 0.15) is 24.8 Å². The van der Waals surface area contributed by atoms with E-state index in [0.717, 1.165) is 11.6 Å². The predicted octanol–water partition coefficient (Wildman–Crippen LogP) is 2.98. The van der Waals surface area contributed by atoms with E-state index in [-0.39, 0.29) is 6.42 Å². The van der Waals surface area contributed by atoms with Crippen molar-refractivity contribution in [2.24, 2.45) is 5.73 Å². The maximum Gasteiger partial charge on any atom is 0.166 e. The minimum atomic E-state index is -0.598. The number of hydrogen-bond donors (Lipinski definition) is 1. The van der Waals surface area contributed by atoms with Crippen molar-refractivity contribution in [2.45, 2.75) is 12.5 Å².